The van der Waals surface area contributed by atoms with Gasteiger partial charge in [0.15, 0.2) is 0 Å². The summed E-state index contributed by atoms with van der Waals surface area (Å²) in [5, 5.41) is 0. The lowest BCUT2D eigenvalue weighted by molar-refractivity contribution is -0.0513. The third-order valence-electron chi connectivity index (χ3n) is 7.90. The molecule has 1 saturated carbocycles. The number of unbranched alkanes of at least 4 members (excludes halogenated alkanes) is 2. The highest BCUT2D eigenvalue weighted by Gasteiger charge is 2.40. The van der Waals surface area contributed by atoms with Gasteiger partial charge in [-0.25, -0.2) is 0 Å². The van der Waals surface area contributed by atoms with Gasteiger partial charge in [0.2, 0.25) is 0 Å². The zero-order chi connectivity index (χ0) is 23.4. The molecule has 2 aromatic rings. The van der Waals surface area contributed by atoms with E-state index in [-0.39, 0.29) is 11.5 Å². The largest absolute Gasteiger partial charge is 0.369 e. The lowest BCUT2D eigenvalue weighted by Gasteiger charge is -2.45. The van der Waals surface area contributed by atoms with Crippen molar-refractivity contribution in [3.05, 3.63) is 77.9 Å². The molecule has 0 radical (unpaired) electrons. The van der Waals surface area contributed by atoms with E-state index in [1.54, 1.807) is 0 Å². The molecule has 0 N–H and O–H groups in total. The first-order chi connectivity index (χ1) is 16.1. The molecule has 1 aliphatic carbocycles. The second-order valence-electron chi connectivity index (χ2n) is 10.2. The minimum absolute atomic E-state index is 0.0298. The van der Waals surface area contributed by atoms with Crippen LogP contribution in [0.5, 0.6) is 0 Å². The van der Waals surface area contributed by atoms with E-state index in [0.29, 0.717) is 5.92 Å². The van der Waals surface area contributed by atoms with E-state index < -0.39 is 0 Å². The SMILES string of the molecule is CC(CCCCCCl)C(C)(COC(C=Cc1ccccc1)c1ccccc1)C1CCCCC1. The monoisotopic (exact) mass is 466 g/mol. The summed E-state index contributed by atoms with van der Waals surface area (Å²) in [5.74, 6) is 2.18. The molecule has 0 saturated heterocycles. The van der Waals surface area contributed by atoms with Crippen molar-refractivity contribution in [3.8, 4) is 0 Å². The third kappa shape index (κ3) is 8.01. The average molecular weight is 467 g/mol. The Bertz CT molecular complexity index is 796. The van der Waals surface area contributed by atoms with Crippen LogP contribution >= 0.6 is 11.6 Å². The van der Waals surface area contributed by atoms with Gasteiger partial charge in [0, 0.05) is 5.88 Å². The Morgan fingerprint density at radius 2 is 1.61 bits per heavy atom. The number of halogens is 1. The molecule has 2 aromatic carbocycles. The van der Waals surface area contributed by atoms with E-state index in [1.807, 2.05) is 0 Å². The predicted octanol–water partition coefficient (Wildman–Crippen LogP) is 9.48. The zero-order valence-electron chi connectivity index (χ0n) is 20.7. The van der Waals surface area contributed by atoms with Crippen LogP contribution in [-0.4, -0.2) is 12.5 Å². The van der Waals surface area contributed by atoms with Gasteiger partial charge in [0.25, 0.3) is 0 Å². The summed E-state index contributed by atoms with van der Waals surface area (Å²) in [5.41, 5.74) is 2.64. The minimum Gasteiger partial charge on any atom is -0.369 e. The number of hydrogen-bond acceptors (Lipinski definition) is 1. The summed E-state index contributed by atoms with van der Waals surface area (Å²) in [4.78, 5) is 0. The van der Waals surface area contributed by atoms with Crippen molar-refractivity contribution in [2.45, 2.75) is 77.7 Å². The summed E-state index contributed by atoms with van der Waals surface area (Å²) in [6.45, 7) is 5.79. The number of benzene rings is 2. The van der Waals surface area contributed by atoms with Crippen LogP contribution in [0.15, 0.2) is 66.7 Å². The van der Waals surface area contributed by atoms with Crippen molar-refractivity contribution in [3.63, 3.8) is 0 Å². The molecule has 3 atom stereocenters. The number of hydrogen-bond donors (Lipinski definition) is 0. The van der Waals surface area contributed by atoms with Gasteiger partial charge < -0.3 is 4.74 Å². The van der Waals surface area contributed by atoms with E-state index in [4.69, 9.17) is 16.3 Å². The molecule has 0 amide bonds. The second kappa shape index (κ2) is 14.0. The Labute approximate surface area is 207 Å². The van der Waals surface area contributed by atoms with E-state index in [0.717, 1.165) is 24.8 Å². The van der Waals surface area contributed by atoms with Crippen LogP contribution in [0.1, 0.15) is 88.9 Å². The molecule has 1 fully saturated rings. The fraction of sp³-hybridized carbons (Fsp3) is 0.548. The van der Waals surface area contributed by atoms with Gasteiger partial charge in [-0.05, 0) is 47.6 Å². The van der Waals surface area contributed by atoms with Gasteiger partial charge in [-0.3, -0.25) is 0 Å². The summed E-state index contributed by atoms with van der Waals surface area (Å²) >= 11 is 5.92. The third-order valence-corrected chi connectivity index (χ3v) is 8.17. The molecule has 0 bridgehead atoms. The Morgan fingerprint density at radius 3 is 2.27 bits per heavy atom. The minimum atomic E-state index is -0.0298. The van der Waals surface area contributed by atoms with Gasteiger partial charge in [0.05, 0.1) is 6.61 Å². The summed E-state index contributed by atoms with van der Waals surface area (Å²) in [7, 11) is 0. The molecular formula is C31H43ClO. The van der Waals surface area contributed by atoms with Crippen LogP contribution in [0, 0.1) is 17.3 Å². The van der Waals surface area contributed by atoms with Crippen molar-refractivity contribution in [2.75, 3.05) is 12.5 Å². The molecule has 180 valence electrons. The van der Waals surface area contributed by atoms with E-state index >= 15 is 0 Å². The van der Waals surface area contributed by atoms with Gasteiger partial charge >= 0.3 is 0 Å². The molecule has 1 aliphatic rings. The molecule has 33 heavy (non-hydrogen) atoms. The van der Waals surface area contributed by atoms with Crippen LogP contribution < -0.4 is 0 Å². The maximum atomic E-state index is 6.81. The van der Waals surface area contributed by atoms with Gasteiger partial charge in [0.1, 0.15) is 6.10 Å². The van der Waals surface area contributed by atoms with Gasteiger partial charge in [-0.1, -0.05) is 125 Å². The Kier molecular flexibility index (Phi) is 11.0. The number of alkyl halides is 1. The molecule has 0 aliphatic heterocycles. The number of rotatable bonds is 13. The molecule has 2 heteroatoms. The van der Waals surface area contributed by atoms with Crippen molar-refractivity contribution in [1.82, 2.24) is 0 Å². The molecule has 3 rings (SSSR count). The number of ether oxygens (including phenoxy) is 1. The summed E-state index contributed by atoms with van der Waals surface area (Å²) in [6.07, 6.45) is 16.1. The highest BCUT2D eigenvalue weighted by molar-refractivity contribution is 6.17. The summed E-state index contributed by atoms with van der Waals surface area (Å²) < 4.78 is 6.81. The zero-order valence-corrected chi connectivity index (χ0v) is 21.5. The van der Waals surface area contributed by atoms with Gasteiger partial charge in [-0.2, -0.15) is 0 Å². The van der Waals surface area contributed by atoms with Crippen molar-refractivity contribution in [2.24, 2.45) is 17.3 Å². The van der Waals surface area contributed by atoms with Crippen molar-refractivity contribution >= 4 is 17.7 Å². The van der Waals surface area contributed by atoms with E-state index in [2.05, 4.69) is 86.7 Å². The lowest BCUT2D eigenvalue weighted by atomic mass is 9.63. The topological polar surface area (TPSA) is 9.23 Å². The smallest absolute Gasteiger partial charge is 0.101 e. The average Bonchev–Trinajstić information content (AvgIpc) is 2.88. The standard InChI is InChI=1S/C31H43ClO/c1-26(15-7-6-14-24-32)31(2,29-20-12-5-13-21-29)25-33-30(28-18-10-4-11-19-28)23-22-27-16-8-3-9-17-27/h3-4,8-11,16-19,22-23,26,29-30H,5-7,12-15,20-21,24-25H2,1-2H3. The molecule has 1 nitrogen and oxygen atoms in total. The van der Waals surface area contributed by atoms with Gasteiger partial charge in [-0.15, -0.1) is 11.6 Å². The fourth-order valence-corrected chi connectivity index (χ4v) is 5.60. The molecular weight excluding hydrogens is 424 g/mol. The quantitative estimate of drug-likeness (QED) is 0.211. The van der Waals surface area contributed by atoms with Crippen molar-refractivity contribution in [1.29, 1.82) is 0 Å². The molecule has 3 unspecified atom stereocenters. The predicted molar refractivity (Wildman–Crippen MR) is 144 cm³/mol. The Hall–Kier alpha value is -1.57. The maximum Gasteiger partial charge on any atom is 0.101 e. The molecule has 0 heterocycles. The first-order valence-corrected chi connectivity index (χ1v) is 13.6. The van der Waals surface area contributed by atoms with Crippen molar-refractivity contribution < 1.29 is 4.74 Å². The summed E-state index contributed by atoms with van der Waals surface area (Å²) in [6, 6.07) is 21.2. The van der Waals surface area contributed by atoms with Crippen LogP contribution in [0.2, 0.25) is 0 Å². The Balaban J connectivity index is 1.75. The lowest BCUT2D eigenvalue weighted by Crippen LogP contribution is -2.40. The first kappa shape index (κ1) is 26.0. The highest BCUT2D eigenvalue weighted by atomic mass is 35.5. The fourth-order valence-electron chi connectivity index (χ4n) is 5.41. The Morgan fingerprint density at radius 1 is 0.939 bits per heavy atom. The molecule has 0 spiro atoms. The van der Waals surface area contributed by atoms with Crippen LogP contribution in [0.3, 0.4) is 0 Å². The van der Waals surface area contributed by atoms with Crippen LogP contribution in [-0.2, 0) is 4.74 Å². The first-order valence-electron chi connectivity index (χ1n) is 13.1. The maximum absolute atomic E-state index is 6.81. The normalized spacial score (nSPS) is 18.8. The van der Waals surface area contributed by atoms with Crippen LogP contribution in [0.25, 0.3) is 6.08 Å². The van der Waals surface area contributed by atoms with E-state index in [1.165, 1.54) is 62.5 Å². The van der Waals surface area contributed by atoms with Crippen LogP contribution in [0.4, 0.5) is 0 Å². The van der Waals surface area contributed by atoms with E-state index in [9.17, 15) is 0 Å². The second-order valence-corrected chi connectivity index (χ2v) is 10.6. The highest BCUT2D eigenvalue weighted by Crippen LogP contribution is 2.46. The molecule has 0 aromatic heterocycles.